The van der Waals surface area contributed by atoms with Crippen molar-refractivity contribution in [1.82, 2.24) is 0 Å². The Bertz CT molecular complexity index is 358. The molecule has 0 heterocycles. The van der Waals surface area contributed by atoms with Gasteiger partial charge in [0.05, 0.1) is 7.11 Å². The fourth-order valence-electron chi connectivity index (χ4n) is 2.89. The topological polar surface area (TPSA) is 26.3 Å². The quantitative estimate of drug-likeness (QED) is 0.745. The minimum absolute atomic E-state index is 0.0715. The van der Waals surface area contributed by atoms with Gasteiger partial charge in [-0.1, -0.05) is 43.2 Å². The lowest BCUT2D eigenvalue weighted by Gasteiger charge is -2.31. The molecule has 1 aliphatic rings. The lowest BCUT2D eigenvalue weighted by Crippen LogP contribution is -2.21. The summed E-state index contributed by atoms with van der Waals surface area (Å²) in [5.74, 6) is 0.917. The van der Waals surface area contributed by atoms with Crippen molar-refractivity contribution in [2.75, 3.05) is 7.11 Å². The first-order chi connectivity index (χ1) is 8.31. The maximum atomic E-state index is 11.4. The van der Waals surface area contributed by atoms with Crippen LogP contribution in [0, 0.1) is 5.92 Å². The lowest BCUT2D eigenvalue weighted by atomic mass is 9.74. The van der Waals surface area contributed by atoms with Crippen LogP contribution in [-0.4, -0.2) is 13.1 Å². The zero-order valence-electron chi connectivity index (χ0n) is 10.4. The predicted octanol–water partition coefficient (Wildman–Crippen LogP) is 3.52. The van der Waals surface area contributed by atoms with Crippen LogP contribution in [-0.2, 0) is 9.53 Å². The van der Waals surface area contributed by atoms with Gasteiger partial charge in [-0.15, -0.1) is 0 Å². The molecule has 1 aromatic rings. The first kappa shape index (κ1) is 12.2. The van der Waals surface area contributed by atoms with Gasteiger partial charge < -0.3 is 4.74 Å². The summed E-state index contributed by atoms with van der Waals surface area (Å²) >= 11 is 0. The minimum Gasteiger partial charge on any atom is -0.469 e. The third-order valence-electron chi connectivity index (χ3n) is 3.79. The molecule has 0 amide bonds. The van der Waals surface area contributed by atoms with Gasteiger partial charge in [0.15, 0.2) is 0 Å². The molecule has 2 heteroatoms. The minimum atomic E-state index is -0.0715. The van der Waals surface area contributed by atoms with E-state index in [-0.39, 0.29) is 5.97 Å². The second-order valence-corrected chi connectivity index (χ2v) is 4.84. The monoisotopic (exact) mass is 232 g/mol. The van der Waals surface area contributed by atoms with Crippen LogP contribution in [0.5, 0.6) is 0 Å². The number of benzene rings is 1. The SMILES string of the molecule is COC(=O)CC1CCCCC1c1ccccc1. The molecule has 0 aromatic heterocycles. The molecule has 92 valence electrons. The summed E-state index contributed by atoms with van der Waals surface area (Å²) in [6.07, 6.45) is 5.43. The van der Waals surface area contributed by atoms with E-state index in [9.17, 15) is 4.79 Å². The van der Waals surface area contributed by atoms with Gasteiger partial charge in [-0.05, 0) is 30.2 Å². The van der Waals surface area contributed by atoms with Crippen LogP contribution >= 0.6 is 0 Å². The fraction of sp³-hybridized carbons (Fsp3) is 0.533. The van der Waals surface area contributed by atoms with Gasteiger partial charge >= 0.3 is 5.97 Å². The van der Waals surface area contributed by atoms with Crippen molar-refractivity contribution in [3.05, 3.63) is 35.9 Å². The average molecular weight is 232 g/mol. The largest absolute Gasteiger partial charge is 0.469 e. The second-order valence-electron chi connectivity index (χ2n) is 4.84. The van der Waals surface area contributed by atoms with Crippen molar-refractivity contribution in [2.45, 2.75) is 38.0 Å². The van der Waals surface area contributed by atoms with E-state index in [1.165, 1.54) is 31.9 Å². The van der Waals surface area contributed by atoms with Crippen LogP contribution in [0.25, 0.3) is 0 Å². The molecule has 0 aliphatic heterocycles. The van der Waals surface area contributed by atoms with Gasteiger partial charge in [0.2, 0.25) is 0 Å². The van der Waals surface area contributed by atoms with Gasteiger partial charge in [0, 0.05) is 6.42 Å². The Morgan fingerprint density at radius 3 is 2.65 bits per heavy atom. The molecule has 0 saturated heterocycles. The summed E-state index contributed by atoms with van der Waals surface area (Å²) in [5, 5.41) is 0. The molecule has 1 aromatic carbocycles. The van der Waals surface area contributed by atoms with E-state index in [0.29, 0.717) is 18.3 Å². The molecule has 2 rings (SSSR count). The number of methoxy groups -OCH3 is 1. The number of ether oxygens (including phenoxy) is 1. The van der Waals surface area contributed by atoms with Crippen LogP contribution in [0.2, 0.25) is 0 Å². The predicted molar refractivity (Wildman–Crippen MR) is 67.8 cm³/mol. The maximum Gasteiger partial charge on any atom is 0.305 e. The Labute approximate surface area is 103 Å². The van der Waals surface area contributed by atoms with Crippen molar-refractivity contribution in [2.24, 2.45) is 5.92 Å². The Balaban J connectivity index is 2.09. The van der Waals surface area contributed by atoms with E-state index in [1.807, 2.05) is 6.07 Å². The number of rotatable bonds is 3. The maximum absolute atomic E-state index is 11.4. The lowest BCUT2D eigenvalue weighted by molar-refractivity contribution is -0.142. The third kappa shape index (κ3) is 3.09. The van der Waals surface area contributed by atoms with Crippen LogP contribution in [0.4, 0.5) is 0 Å². The molecular formula is C15H20O2. The summed E-state index contributed by atoms with van der Waals surface area (Å²) in [7, 11) is 1.47. The molecule has 1 saturated carbocycles. The smallest absolute Gasteiger partial charge is 0.305 e. The molecular weight excluding hydrogens is 212 g/mol. The zero-order chi connectivity index (χ0) is 12.1. The highest BCUT2D eigenvalue weighted by Gasteiger charge is 2.28. The number of hydrogen-bond donors (Lipinski definition) is 0. The van der Waals surface area contributed by atoms with Crippen molar-refractivity contribution < 1.29 is 9.53 Å². The molecule has 0 spiro atoms. The fourth-order valence-corrected chi connectivity index (χ4v) is 2.89. The molecule has 2 nitrogen and oxygen atoms in total. The van der Waals surface area contributed by atoms with Crippen LogP contribution < -0.4 is 0 Å². The van der Waals surface area contributed by atoms with Gasteiger partial charge in [-0.25, -0.2) is 0 Å². The Kier molecular flexibility index (Phi) is 4.18. The van der Waals surface area contributed by atoms with E-state index in [0.717, 1.165) is 6.42 Å². The van der Waals surface area contributed by atoms with Gasteiger partial charge in [-0.2, -0.15) is 0 Å². The number of esters is 1. The standard InChI is InChI=1S/C15H20O2/c1-17-15(16)11-13-9-5-6-10-14(13)12-7-3-2-4-8-12/h2-4,7-8,13-14H,5-6,9-11H2,1H3. The summed E-state index contributed by atoms with van der Waals surface area (Å²) in [5.41, 5.74) is 1.38. The molecule has 2 atom stereocenters. The van der Waals surface area contributed by atoms with E-state index < -0.39 is 0 Å². The van der Waals surface area contributed by atoms with E-state index in [2.05, 4.69) is 24.3 Å². The first-order valence-electron chi connectivity index (χ1n) is 6.43. The molecule has 0 radical (unpaired) electrons. The highest BCUT2D eigenvalue weighted by Crippen LogP contribution is 2.39. The van der Waals surface area contributed by atoms with Crippen molar-refractivity contribution in [3.63, 3.8) is 0 Å². The molecule has 1 aliphatic carbocycles. The first-order valence-corrected chi connectivity index (χ1v) is 6.43. The van der Waals surface area contributed by atoms with Crippen LogP contribution in [0.15, 0.2) is 30.3 Å². The van der Waals surface area contributed by atoms with E-state index >= 15 is 0 Å². The second kappa shape index (κ2) is 5.85. The summed E-state index contributed by atoms with van der Waals surface area (Å²) in [6.45, 7) is 0. The normalized spacial score (nSPS) is 24.3. The van der Waals surface area contributed by atoms with Crippen LogP contribution in [0.3, 0.4) is 0 Å². The molecule has 0 N–H and O–H groups in total. The number of hydrogen-bond acceptors (Lipinski definition) is 2. The molecule has 2 unspecified atom stereocenters. The van der Waals surface area contributed by atoms with Gasteiger partial charge in [0.25, 0.3) is 0 Å². The summed E-state index contributed by atoms with van der Waals surface area (Å²) < 4.78 is 4.80. The Morgan fingerprint density at radius 1 is 1.24 bits per heavy atom. The van der Waals surface area contributed by atoms with Gasteiger partial charge in [0.1, 0.15) is 0 Å². The van der Waals surface area contributed by atoms with Crippen molar-refractivity contribution in [3.8, 4) is 0 Å². The summed E-state index contributed by atoms with van der Waals surface area (Å²) in [6, 6.07) is 10.6. The van der Waals surface area contributed by atoms with E-state index in [1.54, 1.807) is 0 Å². The number of carbonyl (C=O) groups excluding carboxylic acids is 1. The molecule has 0 bridgehead atoms. The highest BCUT2D eigenvalue weighted by atomic mass is 16.5. The van der Waals surface area contributed by atoms with Gasteiger partial charge in [-0.3, -0.25) is 4.79 Å². The van der Waals surface area contributed by atoms with Crippen molar-refractivity contribution >= 4 is 5.97 Å². The highest BCUT2D eigenvalue weighted by molar-refractivity contribution is 5.69. The number of carbonyl (C=O) groups is 1. The Morgan fingerprint density at radius 2 is 1.94 bits per heavy atom. The van der Waals surface area contributed by atoms with Crippen molar-refractivity contribution in [1.29, 1.82) is 0 Å². The van der Waals surface area contributed by atoms with E-state index in [4.69, 9.17) is 4.74 Å². The average Bonchev–Trinajstić information content (AvgIpc) is 2.40. The van der Waals surface area contributed by atoms with Crippen LogP contribution in [0.1, 0.15) is 43.6 Å². The Hall–Kier alpha value is -1.31. The molecule has 1 fully saturated rings. The summed E-state index contributed by atoms with van der Waals surface area (Å²) in [4.78, 5) is 11.4. The molecule has 17 heavy (non-hydrogen) atoms. The third-order valence-corrected chi connectivity index (χ3v) is 3.79. The zero-order valence-corrected chi connectivity index (χ0v) is 10.4.